The van der Waals surface area contributed by atoms with Gasteiger partial charge in [0.2, 0.25) is 0 Å². The van der Waals surface area contributed by atoms with E-state index in [-0.39, 0.29) is 36.1 Å². The average molecular weight is 429 g/mol. The third kappa shape index (κ3) is 5.26. The number of rotatable bonds is 6. The van der Waals surface area contributed by atoms with Gasteiger partial charge in [-0.1, -0.05) is 69.7 Å². The van der Waals surface area contributed by atoms with Gasteiger partial charge >= 0.3 is 0 Å². The summed E-state index contributed by atoms with van der Waals surface area (Å²) in [5.74, 6) is 1.58. The molecule has 3 nitrogen and oxygen atoms in total. The van der Waals surface area contributed by atoms with Gasteiger partial charge in [0.15, 0.2) is 0 Å². The van der Waals surface area contributed by atoms with Crippen LogP contribution in [0, 0.1) is 35.0 Å². The van der Waals surface area contributed by atoms with Crippen molar-refractivity contribution in [2.75, 3.05) is 6.61 Å². The van der Waals surface area contributed by atoms with Crippen LogP contribution in [0.1, 0.15) is 72.6 Å². The number of hydrogen-bond donors (Lipinski definition) is 3. The molecule has 3 saturated carbocycles. The summed E-state index contributed by atoms with van der Waals surface area (Å²) >= 11 is 0. The molecule has 3 rings (SSSR count). The second kappa shape index (κ2) is 10.2. The maximum atomic E-state index is 11.1. The molecule has 174 valence electrons. The molecular weight excluding hydrogens is 384 g/mol. The predicted molar refractivity (Wildman–Crippen MR) is 128 cm³/mol. The highest BCUT2D eigenvalue weighted by Crippen LogP contribution is 2.59. The molecule has 2 unspecified atom stereocenters. The average Bonchev–Trinajstić information content (AvgIpc) is 3.02. The molecule has 0 saturated heterocycles. The minimum atomic E-state index is -0.277. The molecule has 0 heterocycles. The van der Waals surface area contributed by atoms with Crippen LogP contribution in [0.3, 0.4) is 0 Å². The van der Waals surface area contributed by atoms with E-state index in [0.29, 0.717) is 24.2 Å². The van der Waals surface area contributed by atoms with E-state index >= 15 is 0 Å². The Hall–Kier alpha value is -1.16. The summed E-state index contributed by atoms with van der Waals surface area (Å²) in [6.45, 7) is 13.3. The largest absolute Gasteiger partial charge is 0.396 e. The summed E-state index contributed by atoms with van der Waals surface area (Å²) < 4.78 is 0. The fourth-order valence-electron chi connectivity index (χ4n) is 6.46. The summed E-state index contributed by atoms with van der Waals surface area (Å²) in [5.41, 5.74) is 3.93. The lowest BCUT2D eigenvalue weighted by molar-refractivity contribution is 0.0436. The molecular formula is C28H44O3. The fourth-order valence-corrected chi connectivity index (χ4v) is 6.46. The van der Waals surface area contributed by atoms with Gasteiger partial charge in [-0.25, -0.2) is 0 Å². The van der Waals surface area contributed by atoms with E-state index in [1.807, 2.05) is 0 Å². The second-order valence-corrected chi connectivity index (χ2v) is 10.9. The van der Waals surface area contributed by atoms with E-state index in [9.17, 15) is 15.3 Å². The van der Waals surface area contributed by atoms with E-state index in [1.54, 1.807) is 0 Å². The topological polar surface area (TPSA) is 60.7 Å². The fraction of sp³-hybridized carbons (Fsp3) is 0.714. The zero-order valence-electron chi connectivity index (χ0n) is 20.1. The first kappa shape index (κ1) is 24.5. The Balaban J connectivity index is 1.79. The number of aliphatic hydroxyl groups excluding tert-OH is 3. The number of fused-ring (bicyclic) bond motifs is 1. The molecule has 0 radical (unpaired) electrons. The summed E-state index contributed by atoms with van der Waals surface area (Å²) in [6, 6.07) is 0. The third-order valence-corrected chi connectivity index (χ3v) is 8.74. The first-order valence-corrected chi connectivity index (χ1v) is 12.4. The summed E-state index contributed by atoms with van der Waals surface area (Å²) in [5, 5.41) is 30.6. The van der Waals surface area contributed by atoms with Crippen molar-refractivity contribution in [1.82, 2.24) is 0 Å². The lowest BCUT2D eigenvalue weighted by Gasteiger charge is -2.44. The molecule has 0 aliphatic heterocycles. The van der Waals surface area contributed by atoms with E-state index in [1.165, 1.54) is 24.0 Å². The number of aliphatic hydroxyl groups is 3. The lowest BCUT2D eigenvalue weighted by Crippen LogP contribution is -2.38. The Morgan fingerprint density at radius 3 is 2.58 bits per heavy atom. The molecule has 3 N–H and O–H groups in total. The van der Waals surface area contributed by atoms with Crippen LogP contribution in [0.4, 0.5) is 0 Å². The number of hydrogen-bond acceptors (Lipinski definition) is 3. The number of allylic oxidation sites excluding steroid dienone is 6. The van der Waals surface area contributed by atoms with Crippen LogP contribution in [-0.2, 0) is 0 Å². The zero-order valence-corrected chi connectivity index (χ0v) is 20.1. The van der Waals surface area contributed by atoms with Crippen LogP contribution in [0.15, 0.2) is 47.6 Å². The van der Waals surface area contributed by atoms with Crippen molar-refractivity contribution in [3.8, 4) is 0 Å². The van der Waals surface area contributed by atoms with Crippen LogP contribution in [0.25, 0.3) is 0 Å². The van der Waals surface area contributed by atoms with Gasteiger partial charge in [0, 0.05) is 6.61 Å². The van der Waals surface area contributed by atoms with Crippen molar-refractivity contribution in [3.05, 3.63) is 47.6 Å². The van der Waals surface area contributed by atoms with E-state index in [0.717, 1.165) is 31.3 Å². The SMILES string of the molecule is C=C1CC[C@H](O)C/C1=C\C=C1/CCC[C@@]2(C)[C@@H]([C@H](C)/C=C/[C@@H](C)C(C)CO)C(O)C[C@@H]12. The molecule has 3 heteroatoms. The van der Waals surface area contributed by atoms with Gasteiger partial charge in [-0.15, -0.1) is 0 Å². The van der Waals surface area contributed by atoms with Crippen LogP contribution < -0.4 is 0 Å². The van der Waals surface area contributed by atoms with E-state index in [2.05, 4.69) is 58.6 Å². The Labute approximate surface area is 189 Å². The molecule has 0 aromatic heterocycles. The summed E-state index contributed by atoms with van der Waals surface area (Å²) in [6.07, 6.45) is 15.2. The van der Waals surface area contributed by atoms with Crippen LogP contribution in [0.2, 0.25) is 0 Å². The molecule has 0 bridgehead atoms. The molecule has 0 spiro atoms. The molecule has 0 amide bonds. The van der Waals surface area contributed by atoms with Gasteiger partial charge in [-0.05, 0) is 85.5 Å². The van der Waals surface area contributed by atoms with Crippen molar-refractivity contribution >= 4 is 0 Å². The van der Waals surface area contributed by atoms with Crippen LogP contribution >= 0.6 is 0 Å². The minimum absolute atomic E-state index is 0.112. The summed E-state index contributed by atoms with van der Waals surface area (Å²) in [4.78, 5) is 0. The molecule has 3 aliphatic carbocycles. The van der Waals surface area contributed by atoms with Gasteiger partial charge in [-0.2, -0.15) is 0 Å². The summed E-state index contributed by atoms with van der Waals surface area (Å²) in [7, 11) is 0. The predicted octanol–water partition coefficient (Wildman–Crippen LogP) is 5.58. The monoisotopic (exact) mass is 428 g/mol. The molecule has 3 aliphatic rings. The Morgan fingerprint density at radius 1 is 1.13 bits per heavy atom. The Bertz CT molecular complexity index is 733. The molecule has 0 aromatic carbocycles. The Morgan fingerprint density at radius 2 is 1.87 bits per heavy atom. The third-order valence-electron chi connectivity index (χ3n) is 8.74. The van der Waals surface area contributed by atoms with Gasteiger partial charge < -0.3 is 15.3 Å². The molecule has 3 fully saturated rings. The van der Waals surface area contributed by atoms with Gasteiger partial charge in [0.25, 0.3) is 0 Å². The van der Waals surface area contributed by atoms with E-state index < -0.39 is 0 Å². The first-order valence-electron chi connectivity index (χ1n) is 12.4. The molecule has 8 atom stereocenters. The van der Waals surface area contributed by atoms with Crippen molar-refractivity contribution < 1.29 is 15.3 Å². The van der Waals surface area contributed by atoms with Gasteiger partial charge in [-0.3, -0.25) is 0 Å². The van der Waals surface area contributed by atoms with Gasteiger partial charge in [0.05, 0.1) is 12.2 Å². The van der Waals surface area contributed by atoms with Crippen molar-refractivity contribution in [1.29, 1.82) is 0 Å². The molecule has 31 heavy (non-hydrogen) atoms. The highest BCUT2D eigenvalue weighted by atomic mass is 16.3. The van der Waals surface area contributed by atoms with Gasteiger partial charge in [0.1, 0.15) is 0 Å². The Kier molecular flexibility index (Phi) is 8.05. The van der Waals surface area contributed by atoms with Crippen molar-refractivity contribution in [2.24, 2.45) is 35.0 Å². The molecule has 0 aromatic rings. The second-order valence-electron chi connectivity index (χ2n) is 10.9. The highest BCUT2D eigenvalue weighted by molar-refractivity contribution is 5.36. The quantitative estimate of drug-likeness (QED) is 0.484. The first-order chi connectivity index (χ1) is 14.7. The maximum Gasteiger partial charge on any atom is 0.0585 e. The standard InChI is InChI=1S/C28H44O3/c1-18(21(4)17-29)8-9-20(3)27-26(31)16-25-22(7-6-14-28(25,27)5)11-12-23-15-24(30)13-10-19(23)2/h8-9,11-12,18,20-21,24-27,29-31H,2,6-7,10,13-17H2,1,3-5H3/b9-8+,22-11+,23-12+/t18-,20-,21?,24+,25+,26?,27+,28-/m1/s1. The van der Waals surface area contributed by atoms with Crippen molar-refractivity contribution in [3.63, 3.8) is 0 Å². The van der Waals surface area contributed by atoms with E-state index in [4.69, 9.17) is 0 Å². The zero-order chi connectivity index (χ0) is 22.8. The van der Waals surface area contributed by atoms with Crippen LogP contribution in [0.5, 0.6) is 0 Å². The highest BCUT2D eigenvalue weighted by Gasteiger charge is 2.54. The smallest absolute Gasteiger partial charge is 0.0585 e. The normalized spacial score (nSPS) is 39.8. The van der Waals surface area contributed by atoms with Crippen LogP contribution in [-0.4, -0.2) is 34.1 Å². The minimum Gasteiger partial charge on any atom is -0.396 e. The lowest BCUT2D eigenvalue weighted by atomic mass is 9.61. The maximum absolute atomic E-state index is 11.1. The van der Waals surface area contributed by atoms with Crippen molar-refractivity contribution in [2.45, 2.75) is 84.8 Å².